The van der Waals surface area contributed by atoms with E-state index in [4.69, 9.17) is 4.74 Å². The fraction of sp³-hybridized carbons (Fsp3) is 0.381. The van der Waals surface area contributed by atoms with E-state index in [2.05, 4.69) is 0 Å². The molecule has 0 bridgehead atoms. The molecular weight excluding hydrogens is 330 g/mol. The highest BCUT2D eigenvalue weighted by Gasteiger charge is 2.30. The third-order valence-electron chi connectivity index (χ3n) is 3.94. The van der Waals surface area contributed by atoms with Gasteiger partial charge in [0.1, 0.15) is 5.60 Å². The Morgan fingerprint density at radius 1 is 0.923 bits per heavy atom. The molecule has 0 radical (unpaired) electrons. The summed E-state index contributed by atoms with van der Waals surface area (Å²) in [5.41, 5.74) is 1.87. The van der Waals surface area contributed by atoms with Crippen molar-refractivity contribution in [3.05, 3.63) is 69.8 Å². The molecule has 2 aromatic carbocycles. The van der Waals surface area contributed by atoms with Crippen LogP contribution in [0.5, 0.6) is 0 Å². The van der Waals surface area contributed by atoms with Gasteiger partial charge in [0.25, 0.3) is 0 Å². The van der Waals surface area contributed by atoms with E-state index in [9.17, 15) is 14.9 Å². The van der Waals surface area contributed by atoms with Crippen LogP contribution in [-0.2, 0) is 11.2 Å². The summed E-state index contributed by atoms with van der Waals surface area (Å²) in [6.07, 6.45) is 0.373. The number of carbonyl (C=O) groups excluding carboxylic acids is 1. The lowest BCUT2D eigenvalue weighted by Crippen LogP contribution is -2.33. The third-order valence-corrected chi connectivity index (χ3v) is 3.94. The molecule has 0 atom stereocenters. The molecule has 2 rings (SSSR count). The molecule has 138 valence electrons. The summed E-state index contributed by atoms with van der Waals surface area (Å²) in [5.74, 6) is -0.346. The number of ether oxygens (including phenoxy) is 1. The second-order valence-electron chi connectivity index (χ2n) is 8.02. The fourth-order valence-electron chi connectivity index (χ4n) is 2.51. The van der Waals surface area contributed by atoms with Crippen LogP contribution in [0.1, 0.15) is 50.5 Å². The topological polar surface area (TPSA) is 69.4 Å². The summed E-state index contributed by atoms with van der Waals surface area (Å²) in [7, 11) is 0. The monoisotopic (exact) mass is 355 g/mol. The van der Waals surface area contributed by atoms with Gasteiger partial charge in [0.2, 0.25) is 5.54 Å². The number of esters is 1. The molecule has 26 heavy (non-hydrogen) atoms. The number of hydrogen-bond acceptors (Lipinski definition) is 4. The highest BCUT2D eigenvalue weighted by atomic mass is 16.6. The quantitative estimate of drug-likeness (QED) is 0.434. The van der Waals surface area contributed by atoms with E-state index in [1.165, 1.54) is 0 Å². The normalized spacial score (nSPS) is 11.9. The van der Waals surface area contributed by atoms with Crippen molar-refractivity contribution in [2.24, 2.45) is 0 Å². The molecule has 5 nitrogen and oxygen atoms in total. The van der Waals surface area contributed by atoms with Crippen LogP contribution in [0.25, 0.3) is 11.1 Å². The molecule has 0 saturated heterocycles. The first-order chi connectivity index (χ1) is 12.0. The number of benzene rings is 2. The maximum Gasteiger partial charge on any atom is 0.338 e. The van der Waals surface area contributed by atoms with Gasteiger partial charge in [-0.2, -0.15) is 0 Å². The smallest absolute Gasteiger partial charge is 0.338 e. The minimum atomic E-state index is -0.990. The third kappa shape index (κ3) is 5.15. The van der Waals surface area contributed by atoms with Gasteiger partial charge in [-0.15, -0.1) is 0 Å². The van der Waals surface area contributed by atoms with E-state index in [0.29, 0.717) is 12.0 Å². The predicted molar refractivity (Wildman–Crippen MR) is 102 cm³/mol. The SMILES string of the molecule is CC(C)(C)OC(=O)c1ccc(-c2ccc(CC(C)(C)[N+](=O)[O-])cc2)cc1. The van der Waals surface area contributed by atoms with Crippen LogP contribution in [0, 0.1) is 10.1 Å². The fourth-order valence-corrected chi connectivity index (χ4v) is 2.51. The second-order valence-corrected chi connectivity index (χ2v) is 8.02. The van der Waals surface area contributed by atoms with E-state index < -0.39 is 11.1 Å². The van der Waals surface area contributed by atoms with Gasteiger partial charge in [0.15, 0.2) is 0 Å². The lowest BCUT2D eigenvalue weighted by atomic mass is 9.94. The van der Waals surface area contributed by atoms with Gasteiger partial charge in [-0.1, -0.05) is 36.4 Å². The van der Waals surface area contributed by atoms with Crippen molar-refractivity contribution >= 4 is 5.97 Å². The van der Waals surface area contributed by atoms with Gasteiger partial charge in [-0.3, -0.25) is 10.1 Å². The highest BCUT2D eigenvalue weighted by molar-refractivity contribution is 5.90. The molecule has 0 N–H and O–H groups in total. The van der Waals surface area contributed by atoms with Crippen molar-refractivity contribution in [2.45, 2.75) is 52.2 Å². The van der Waals surface area contributed by atoms with Crippen molar-refractivity contribution in [1.29, 1.82) is 0 Å². The zero-order valence-electron chi connectivity index (χ0n) is 15.9. The van der Waals surface area contributed by atoms with Gasteiger partial charge in [-0.05, 0) is 49.6 Å². The molecule has 0 fully saturated rings. The molecule has 0 amide bonds. The standard InChI is InChI=1S/C21H25NO4/c1-20(2,3)26-19(23)18-12-10-17(11-13-18)16-8-6-15(7-9-16)14-21(4,5)22(24)25/h6-13H,14H2,1-5H3. The summed E-state index contributed by atoms with van der Waals surface area (Å²) in [6.45, 7) is 8.75. The Balaban J connectivity index is 2.12. The number of nitro groups is 1. The van der Waals surface area contributed by atoms with Gasteiger partial charge in [0.05, 0.1) is 5.56 Å². The average molecular weight is 355 g/mol. The highest BCUT2D eigenvalue weighted by Crippen LogP contribution is 2.23. The number of rotatable bonds is 5. The summed E-state index contributed by atoms with van der Waals surface area (Å²) in [5, 5.41) is 11.1. The maximum atomic E-state index is 12.1. The molecule has 0 heterocycles. The Morgan fingerprint density at radius 3 is 1.81 bits per heavy atom. The first kappa shape index (κ1) is 19.6. The van der Waals surface area contributed by atoms with Crippen LogP contribution in [0.15, 0.2) is 48.5 Å². The van der Waals surface area contributed by atoms with Crippen LogP contribution >= 0.6 is 0 Å². The number of carbonyl (C=O) groups is 1. The van der Waals surface area contributed by atoms with E-state index >= 15 is 0 Å². The molecular formula is C21H25NO4. The van der Waals surface area contributed by atoms with Crippen LogP contribution < -0.4 is 0 Å². The van der Waals surface area contributed by atoms with Crippen LogP contribution in [0.2, 0.25) is 0 Å². The Hall–Kier alpha value is -2.69. The Kier molecular flexibility index (Phi) is 5.50. The van der Waals surface area contributed by atoms with Crippen molar-refractivity contribution in [1.82, 2.24) is 0 Å². The van der Waals surface area contributed by atoms with E-state index in [1.54, 1.807) is 26.0 Å². The molecule has 0 unspecified atom stereocenters. The molecule has 0 aliphatic carbocycles. The van der Waals surface area contributed by atoms with Crippen LogP contribution in [0.3, 0.4) is 0 Å². The number of hydrogen-bond donors (Lipinski definition) is 0. The van der Waals surface area contributed by atoms with Crippen molar-refractivity contribution in [2.75, 3.05) is 0 Å². The molecule has 0 aliphatic heterocycles. The van der Waals surface area contributed by atoms with Crippen molar-refractivity contribution < 1.29 is 14.5 Å². The molecule has 2 aromatic rings. The first-order valence-corrected chi connectivity index (χ1v) is 8.55. The lowest BCUT2D eigenvalue weighted by Gasteiger charge is -2.19. The minimum absolute atomic E-state index is 0.254. The van der Waals surface area contributed by atoms with E-state index in [0.717, 1.165) is 16.7 Å². The van der Waals surface area contributed by atoms with Crippen molar-refractivity contribution in [3.8, 4) is 11.1 Å². The van der Waals surface area contributed by atoms with E-state index in [1.807, 2.05) is 57.2 Å². The summed E-state index contributed by atoms with van der Waals surface area (Å²) in [4.78, 5) is 22.9. The Bertz CT molecular complexity index is 784. The molecule has 0 aliphatic rings. The summed E-state index contributed by atoms with van der Waals surface area (Å²) >= 11 is 0. The zero-order chi connectivity index (χ0) is 19.5. The van der Waals surface area contributed by atoms with Crippen LogP contribution in [0.4, 0.5) is 0 Å². The zero-order valence-corrected chi connectivity index (χ0v) is 15.9. The average Bonchev–Trinajstić information content (AvgIpc) is 2.53. The predicted octanol–water partition coefficient (Wildman–Crippen LogP) is 4.91. The lowest BCUT2D eigenvalue weighted by molar-refractivity contribution is -0.560. The van der Waals surface area contributed by atoms with Gasteiger partial charge >= 0.3 is 5.97 Å². The Morgan fingerprint density at radius 2 is 1.38 bits per heavy atom. The second kappa shape index (κ2) is 7.28. The summed E-state index contributed by atoms with van der Waals surface area (Å²) in [6, 6.07) is 14.9. The van der Waals surface area contributed by atoms with Gasteiger partial charge < -0.3 is 4.74 Å². The largest absolute Gasteiger partial charge is 0.456 e. The molecule has 0 saturated carbocycles. The molecule has 5 heteroatoms. The minimum Gasteiger partial charge on any atom is -0.456 e. The molecule has 0 spiro atoms. The van der Waals surface area contributed by atoms with Crippen molar-refractivity contribution in [3.63, 3.8) is 0 Å². The van der Waals surface area contributed by atoms with Gasteiger partial charge in [-0.25, -0.2) is 4.79 Å². The Labute approximate surface area is 154 Å². The summed E-state index contributed by atoms with van der Waals surface area (Å²) < 4.78 is 5.36. The molecule has 0 aromatic heterocycles. The van der Waals surface area contributed by atoms with Crippen LogP contribution in [-0.4, -0.2) is 22.0 Å². The first-order valence-electron chi connectivity index (χ1n) is 8.55. The van der Waals surface area contributed by atoms with Gasteiger partial charge in [0, 0.05) is 25.2 Å². The number of nitrogens with zero attached hydrogens (tertiary/aromatic N) is 1. The maximum absolute atomic E-state index is 12.1. The van der Waals surface area contributed by atoms with E-state index in [-0.39, 0.29) is 10.9 Å².